The van der Waals surface area contributed by atoms with Crippen molar-refractivity contribution in [2.24, 2.45) is 5.10 Å². The van der Waals surface area contributed by atoms with Gasteiger partial charge in [0, 0.05) is 16.8 Å². The number of halogens is 1. The smallest absolute Gasteiger partial charge is 0.240 e. The summed E-state index contributed by atoms with van der Waals surface area (Å²) in [4.78, 5) is 4.03. The number of hydrogen-bond donors (Lipinski definition) is 0. The second kappa shape index (κ2) is 6.83. The normalized spacial score (nSPS) is 13.3. The van der Waals surface area contributed by atoms with Crippen LogP contribution in [0.4, 0.5) is 5.69 Å². The number of pyridine rings is 1. The molecule has 5 nitrogen and oxygen atoms in total. The Bertz CT molecular complexity index is 881. The van der Waals surface area contributed by atoms with Gasteiger partial charge in [-0.2, -0.15) is 0 Å². The van der Waals surface area contributed by atoms with Crippen molar-refractivity contribution in [3.8, 4) is 11.5 Å². The summed E-state index contributed by atoms with van der Waals surface area (Å²) >= 11 is 5.91. The van der Waals surface area contributed by atoms with E-state index in [2.05, 4.69) is 10.1 Å². The third-order valence-electron chi connectivity index (χ3n) is 3.63. The fourth-order valence-corrected chi connectivity index (χ4v) is 2.51. The largest absolute Gasteiger partial charge is 0.456 e. The van der Waals surface area contributed by atoms with E-state index in [4.69, 9.17) is 21.1 Å². The van der Waals surface area contributed by atoms with Crippen molar-refractivity contribution in [3.63, 3.8) is 0 Å². The minimum atomic E-state index is 0.366. The van der Waals surface area contributed by atoms with Crippen molar-refractivity contribution in [3.05, 3.63) is 83.6 Å². The quantitative estimate of drug-likeness (QED) is 0.684. The van der Waals surface area contributed by atoms with Crippen molar-refractivity contribution in [1.82, 2.24) is 4.98 Å². The highest BCUT2D eigenvalue weighted by molar-refractivity contribution is 6.30. The number of ether oxygens (including phenoxy) is 2. The molecule has 0 spiro atoms. The molecule has 1 aliphatic heterocycles. The van der Waals surface area contributed by atoms with Gasteiger partial charge in [0.05, 0.1) is 11.9 Å². The molecule has 0 fully saturated rings. The molecule has 124 valence electrons. The summed E-state index contributed by atoms with van der Waals surface area (Å²) in [5.74, 6) is 1.99. The fourth-order valence-electron chi connectivity index (χ4n) is 2.39. The van der Waals surface area contributed by atoms with Gasteiger partial charge in [-0.05, 0) is 60.7 Å². The molecule has 25 heavy (non-hydrogen) atoms. The lowest BCUT2D eigenvalue weighted by molar-refractivity contribution is 0.338. The molecule has 2 heterocycles. The zero-order chi connectivity index (χ0) is 17.1. The molecule has 0 aliphatic carbocycles. The Morgan fingerprint density at radius 3 is 2.48 bits per heavy atom. The molecule has 1 aliphatic rings. The maximum atomic E-state index is 5.91. The van der Waals surface area contributed by atoms with Crippen LogP contribution >= 0.6 is 11.6 Å². The minimum Gasteiger partial charge on any atom is -0.456 e. The van der Waals surface area contributed by atoms with Gasteiger partial charge < -0.3 is 9.47 Å². The van der Waals surface area contributed by atoms with Gasteiger partial charge in [0.15, 0.2) is 6.73 Å². The molecule has 0 radical (unpaired) electrons. The van der Waals surface area contributed by atoms with Crippen LogP contribution in [-0.4, -0.2) is 17.6 Å². The van der Waals surface area contributed by atoms with E-state index < -0.39 is 0 Å². The van der Waals surface area contributed by atoms with E-state index in [0.717, 1.165) is 17.0 Å². The van der Waals surface area contributed by atoms with E-state index in [1.807, 2.05) is 60.7 Å². The summed E-state index contributed by atoms with van der Waals surface area (Å²) in [6.45, 7) is 0.366. The first-order chi connectivity index (χ1) is 12.3. The topological polar surface area (TPSA) is 47.0 Å². The van der Waals surface area contributed by atoms with Crippen LogP contribution in [0.25, 0.3) is 0 Å². The Balaban J connectivity index is 1.48. The van der Waals surface area contributed by atoms with Gasteiger partial charge in [-0.15, -0.1) is 5.10 Å². The lowest BCUT2D eigenvalue weighted by atomic mass is 10.2. The van der Waals surface area contributed by atoms with E-state index in [9.17, 15) is 0 Å². The summed E-state index contributed by atoms with van der Waals surface area (Å²) in [7, 11) is 0. The van der Waals surface area contributed by atoms with Gasteiger partial charge in [-0.25, -0.2) is 5.01 Å². The number of hydrogen-bond acceptors (Lipinski definition) is 5. The molecule has 0 saturated carbocycles. The van der Waals surface area contributed by atoms with Gasteiger partial charge in [0.2, 0.25) is 5.90 Å². The first-order valence-electron chi connectivity index (χ1n) is 7.71. The number of rotatable bonds is 4. The number of hydrazone groups is 1. The number of anilines is 1. The highest BCUT2D eigenvalue weighted by Gasteiger charge is 2.18. The SMILES string of the molecule is Clc1ccc(N2COC(c3ccc(Oc4cccnc4)cc3)=N2)cc1. The monoisotopic (exact) mass is 351 g/mol. The van der Waals surface area contributed by atoms with Crippen molar-refractivity contribution >= 4 is 23.2 Å². The van der Waals surface area contributed by atoms with Crippen LogP contribution in [-0.2, 0) is 4.74 Å². The third-order valence-corrected chi connectivity index (χ3v) is 3.88. The second-order valence-electron chi connectivity index (χ2n) is 5.37. The van der Waals surface area contributed by atoms with Gasteiger partial charge in [0.25, 0.3) is 0 Å². The fraction of sp³-hybridized carbons (Fsp3) is 0.0526. The van der Waals surface area contributed by atoms with Crippen molar-refractivity contribution < 1.29 is 9.47 Å². The first-order valence-corrected chi connectivity index (χ1v) is 8.08. The number of aromatic nitrogens is 1. The second-order valence-corrected chi connectivity index (χ2v) is 5.81. The number of benzene rings is 2. The lowest BCUT2D eigenvalue weighted by Crippen LogP contribution is -2.12. The molecule has 0 amide bonds. The van der Waals surface area contributed by atoms with Crippen LogP contribution < -0.4 is 9.75 Å². The van der Waals surface area contributed by atoms with Crippen molar-refractivity contribution in [2.45, 2.75) is 0 Å². The predicted octanol–water partition coefficient (Wildman–Crippen LogP) is 4.68. The zero-order valence-electron chi connectivity index (χ0n) is 13.2. The average molecular weight is 352 g/mol. The van der Waals surface area contributed by atoms with Crippen LogP contribution in [0.5, 0.6) is 11.5 Å². The highest BCUT2D eigenvalue weighted by Crippen LogP contribution is 2.24. The van der Waals surface area contributed by atoms with Crippen LogP contribution in [0.1, 0.15) is 5.56 Å². The maximum Gasteiger partial charge on any atom is 0.240 e. The Labute approximate surface area is 150 Å². The Kier molecular flexibility index (Phi) is 4.23. The Hall–Kier alpha value is -3.05. The third kappa shape index (κ3) is 3.56. The van der Waals surface area contributed by atoms with Gasteiger partial charge in [-0.1, -0.05) is 11.6 Å². The van der Waals surface area contributed by atoms with Crippen LogP contribution in [0, 0.1) is 0 Å². The molecule has 0 N–H and O–H groups in total. The molecule has 0 bridgehead atoms. The molecular formula is C19H14ClN3O2. The molecule has 0 unspecified atom stereocenters. The summed E-state index contributed by atoms with van der Waals surface area (Å²) in [5.41, 5.74) is 1.81. The molecule has 4 rings (SSSR count). The standard InChI is InChI=1S/C19H14ClN3O2/c20-15-5-7-16(8-6-15)23-13-24-19(22-23)14-3-9-17(10-4-14)25-18-2-1-11-21-12-18/h1-12H,13H2. The molecule has 0 atom stereocenters. The first kappa shape index (κ1) is 15.5. The number of nitrogens with zero attached hydrogens (tertiary/aromatic N) is 3. The lowest BCUT2D eigenvalue weighted by Gasteiger charge is -2.10. The molecule has 2 aromatic carbocycles. The van der Waals surface area contributed by atoms with E-state index in [1.165, 1.54) is 0 Å². The summed E-state index contributed by atoms with van der Waals surface area (Å²) in [6, 6.07) is 18.7. The van der Waals surface area contributed by atoms with E-state index in [0.29, 0.717) is 23.4 Å². The summed E-state index contributed by atoms with van der Waals surface area (Å²) < 4.78 is 11.4. The van der Waals surface area contributed by atoms with Gasteiger partial charge in [0.1, 0.15) is 11.5 Å². The average Bonchev–Trinajstić information content (AvgIpc) is 3.14. The summed E-state index contributed by atoms with van der Waals surface area (Å²) in [6.07, 6.45) is 3.38. The van der Waals surface area contributed by atoms with Crippen LogP contribution in [0.15, 0.2) is 78.2 Å². The van der Waals surface area contributed by atoms with Crippen LogP contribution in [0.3, 0.4) is 0 Å². The highest BCUT2D eigenvalue weighted by atomic mass is 35.5. The Morgan fingerprint density at radius 1 is 0.960 bits per heavy atom. The molecular weight excluding hydrogens is 338 g/mol. The van der Waals surface area contributed by atoms with E-state index in [1.54, 1.807) is 17.4 Å². The molecule has 1 aromatic heterocycles. The van der Waals surface area contributed by atoms with Crippen molar-refractivity contribution in [1.29, 1.82) is 0 Å². The maximum absolute atomic E-state index is 5.91. The van der Waals surface area contributed by atoms with Crippen LogP contribution in [0.2, 0.25) is 5.02 Å². The molecule has 6 heteroatoms. The Morgan fingerprint density at radius 2 is 1.76 bits per heavy atom. The predicted molar refractivity (Wildman–Crippen MR) is 97.2 cm³/mol. The van der Waals surface area contributed by atoms with Crippen molar-refractivity contribution in [2.75, 3.05) is 11.7 Å². The molecule has 3 aromatic rings. The van der Waals surface area contributed by atoms with E-state index in [-0.39, 0.29) is 0 Å². The van der Waals surface area contributed by atoms with Gasteiger partial charge in [-0.3, -0.25) is 4.98 Å². The minimum absolute atomic E-state index is 0.366. The zero-order valence-corrected chi connectivity index (χ0v) is 13.9. The van der Waals surface area contributed by atoms with Gasteiger partial charge >= 0.3 is 0 Å². The molecule has 0 saturated heterocycles. The van der Waals surface area contributed by atoms with E-state index >= 15 is 0 Å². The summed E-state index contributed by atoms with van der Waals surface area (Å²) in [5, 5.41) is 6.98.